The molecule has 0 spiro atoms. The van der Waals surface area contributed by atoms with Crippen LogP contribution in [-0.4, -0.2) is 0 Å². The Bertz CT molecular complexity index is 84.0. The van der Waals surface area contributed by atoms with Crippen LogP contribution in [-0.2, 0) is 0 Å². The van der Waals surface area contributed by atoms with E-state index in [9.17, 15) is 0 Å². The number of hydrogen-bond acceptors (Lipinski definition) is 0. The Labute approximate surface area is 78.8 Å². The smallest absolute Gasteiger partial charge is 0.0443 e. The molecule has 12 heavy (non-hydrogen) atoms. The lowest BCUT2D eigenvalue weighted by Crippen LogP contribution is -1.94. The summed E-state index contributed by atoms with van der Waals surface area (Å²) in [7, 11) is 0. The van der Waals surface area contributed by atoms with E-state index in [0.717, 1.165) is 5.92 Å². The molecule has 0 aliphatic rings. The van der Waals surface area contributed by atoms with E-state index in [1.165, 1.54) is 38.5 Å². The minimum atomic E-state index is 0.645. The van der Waals surface area contributed by atoms with E-state index >= 15 is 0 Å². The van der Waals surface area contributed by atoms with Gasteiger partial charge in [0.2, 0.25) is 0 Å². The van der Waals surface area contributed by atoms with Crippen LogP contribution in [0, 0.1) is 18.8 Å². The van der Waals surface area contributed by atoms with Gasteiger partial charge in [0.1, 0.15) is 0 Å². The summed E-state index contributed by atoms with van der Waals surface area (Å²) in [5.74, 6) is 1.58. The first kappa shape index (κ1) is 12.0. The zero-order chi connectivity index (χ0) is 9.40. The van der Waals surface area contributed by atoms with Gasteiger partial charge >= 0.3 is 0 Å². The molecule has 73 valence electrons. The van der Waals surface area contributed by atoms with Crippen molar-refractivity contribution in [2.45, 2.75) is 59.3 Å². The molecule has 0 saturated carbocycles. The molecule has 0 aromatic carbocycles. The minimum absolute atomic E-state index is 0.645. The van der Waals surface area contributed by atoms with E-state index in [2.05, 4.69) is 27.7 Å². The van der Waals surface area contributed by atoms with Crippen molar-refractivity contribution in [2.75, 3.05) is 0 Å². The molecule has 2 unspecified atom stereocenters. The maximum Gasteiger partial charge on any atom is -0.0443 e. The van der Waals surface area contributed by atoms with Crippen molar-refractivity contribution >= 4 is 0 Å². The molecular weight excluding hydrogens is 144 g/mol. The largest absolute Gasteiger partial charge is 0.0654 e. The Balaban J connectivity index is 3.08. The molecule has 0 saturated heterocycles. The van der Waals surface area contributed by atoms with Gasteiger partial charge in [-0.2, -0.15) is 0 Å². The van der Waals surface area contributed by atoms with E-state index in [1.807, 2.05) is 0 Å². The van der Waals surface area contributed by atoms with Gasteiger partial charge in [0.25, 0.3) is 0 Å². The third-order valence-corrected chi connectivity index (χ3v) is 2.43. The second-order valence-electron chi connectivity index (χ2n) is 4.28. The fourth-order valence-electron chi connectivity index (χ4n) is 1.62. The highest BCUT2D eigenvalue weighted by atomic mass is 14.1. The first-order valence-electron chi connectivity index (χ1n) is 5.49. The van der Waals surface area contributed by atoms with Crippen LogP contribution in [0.5, 0.6) is 0 Å². The standard InChI is InChI=1S/C12H25/c1-5-8-12(4)10-7-6-9-11(2)3/h11-12H,2,5-10H2,1,3-4H3. The van der Waals surface area contributed by atoms with E-state index < -0.39 is 0 Å². The van der Waals surface area contributed by atoms with Crippen LogP contribution >= 0.6 is 0 Å². The molecule has 0 aromatic heterocycles. The van der Waals surface area contributed by atoms with Crippen molar-refractivity contribution < 1.29 is 0 Å². The highest BCUT2D eigenvalue weighted by Crippen LogP contribution is 2.15. The molecule has 0 aliphatic heterocycles. The predicted molar refractivity (Wildman–Crippen MR) is 57.1 cm³/mol. The molecule has 0 nitrogen and oxygen atoms in total. The van der Waals surface area contributed by atoms with Gasteiger partial charge in [-0.15, -0.1) is 0 Å². The minimum Gasteiger partial charge on any atom is -0.0654 e. The predicted octanol–water partition coefficient (Wildman–Crippen LogP) is 4.45. The molecule has 0 aromatic rings. The number of hydrogen-bond donors (Lipinski definition) is 0. The highest BCUT2D eigenvalue weighted by Gasteiger charge is 2.00. The second-order valence-corrected chi connectivity index (χ2v) is 4.28. The molecule has 0 heteroatoms. The number of unbranched alkanes of at least 4 members (excludes halogenated alkanes) is 1. The molecule has 0 heterocycles. The topological polar surface area (TPSA) is 0 Å². The van der Waals surface area contributed by atoms with Crippen LogP contribution in [0.25, 0.3) is 0 Å². The average Bonchev–Trinajstić information content (AvgIpc) is 1.98. The highest BCUT2D eigenvalue weighted by molar-refractivity contribution is 4.57. The van der Waals surface area contributed by atoms with Crippen molar-refractivity contribution in [1.82, 2.24) is 0 Å². The van der Waals surface area contributed by atoms with Crippen molar-refractivity contribution in [3.05, 3.63) is 6.92 Å². The Kier molecular flexibility index (Phi) is 7.64. The monoisotopic (exact) mass is 169 g/mol. The SMILES string of the molecule is [CH2]C(C)CCCCC(C)CCC. The Hall–Kier alpha value is 0. The van der Waals surface area contributed by atoms with Crippen LogP contribution in [0.2, 0.25) is 0 Å². The molecule has 0 fully saturated rings. The summed E-state index contributed by atoms with van der Waals surface area (Å²) >= 11 is 0. The zero-order valence-electron chi connectivity index (χ0n) is 9.10. The maximum absolute atomic E-state index is 3.99. The fourth-order valence-corrected chi connectivity index (χ4v) is 1.62. The van der Waals surface area contributed by atoms with Crippen LogP contribution in [0.3, 0.4) is 0 Å². The molecule has 0 amide bonds. The third-order valence-electron chi connectivity index (χ3n) is 2.43. The lowest BCUT2D eigenvalue weighted by molar-refractivity contribution is 0.445. The van der Waals surface area contributed by atoms with Gasteiger partial charge in [-0.05, 0) is 11.8 Å². The maximum atomic E-state index is 3.99. The van der Waals surface area contributed by atoms with Crippen LogP contribution in [0.15, 0.2) is 0 Å². The van der Waals surface area contributed by atoms with Crippen molar-refractivity contribution in [3.63, 3.8) is 0 Å². The number of rotatable bonds is 7. The summed E-state index contributed by atoms with van der Waals surface area (Å²) in [6.07, 6.45) is 8.24. The van der Waals surface area contributed by atoms with Crippen LogP contribution in [0.1, 0.15) is 59.3 Å². The summed E-state index contributed by atoms with van der Waals surface area (Å²) in [4.78, 5) is 0. The second kappa shape index (κ2) is 7.64. The van der Waals surface area contributed by atoms with Gasteiger partial charge in [-0.1, -0.05) is 66.2 Å². The quantitative estimate of drug-likeness (QED) is 0.494. The summed E-state index contributed by atoms with van der Waals surface area (Å²) in [6, 6.07) is 0. The lowest BCUT2D eigenvalue weighted by Gasteiger charge is -2.09. The summed E-state index contributed by atoms with van der Waals surface area (Å²) in [5.41, 5.74) is 0. The Morgan fingerprint density at radius 2 is 1.58 bits per heavy atom. The van der Waals surface area contributed by atoms with Gasteiger partial charge in [0.15, 0.2) is 0 Å². The zero-order valence-corrected chi connectivity index (χ0v) is 9.10. The van der Waals surface area contributed by atoms with Gasteiger partial charge in [0, 0.05) is 0 Å². The first-order valence-corrected chi connectivity index (χ1v) is 5.49. The van der Waals surface area contributed by atoms with Crippen molar-refractivity contribution in [1.29, 1.82) is 0 Å². The molecule has 0 bridgehead atoms. The van der Waals surface area contributed by atoms with E-state index in [4.69, 9.17) is 0 Å². The summed E-state index contributed by atoms with van der Waals surface area (Å²) in [6.45, 7) is 10.8. The van der Waals surface area contributed by atoms with Crippen LogP contribution in [0.4, 0.5) is 0 Å². The van der Waals surface area contributed by atoms with Gasteiger partial charge in [-0.25, -0.2) is 0 Å². The van der Waals surface area contributed by atoms with Gasteiger partial charge < -0.3 is 0 Å². The van der Waals surface area contributed by atoms with Crippen LogP contribution < -0.4 is 0 Å². The van der Waals surface area contributed by atoms with Gasteiger partial charge in [0.05, 0.1) is 0 Å². The third kappa shape index (κ3) is 8.10. The fraction of sp³-hybridized carbons (Fsp3) is 0.917. The molecule has 0 aliphatic carbocycles. The summed E-state index contributed by atoms with van der Waals surface area (Å²) < 4.78 is 0. The van der Waals surface area contributed by atoms with E-state index in [1.54, 1.807) is 0 Å². The molecule has 2 atom stereocenters. The molecule has 0 rings (SSSR count). The summed E-state index contributed by atoms with van der Waals surface area (Å²) in [5, 5.41) is 0. The Morgan fingerprint density at radius 1 is 1.00 bits per heavy atom. The Morgan fingerprint density at radius 3 is 2.08 bits per heavy atom. The normalized spacial score (nSPS) is 13.8. The van der Waals surface area contributed by atoms with Crippen molar-refractivity contribution in [2.24, 2.45) is 11.8 Å². The van der Waals surface area contributed by atoms with E-state index in [-0.39, 0.29) is 0 Å². The lowest BCUT2D eigenvalue weighted by atomic mass is 9.97. The van der Waals surface area contributed by atoms with Gasteiger partial charge in [-0.3, -0.25) is 0 Å². The average molecular weight is 169 g/mol. The first-order chi connectivity index (χ1) is 5.66. The van der Waals surface area contributed by atoms with E-state index in [0.29, 0.717) is 5.92 Å². The molecular formula is C12H25. The van der Waals surface area contributed by atoms with Crippen molar-refractivity contribution in [3.8, 4) is 0 Å². The molecule has 0 N–H and O–H groups in total. The molecule has 1 radical (unpaired) electrons.